The minimum atomic E-state index is -2.37. The SMILES string of the molecule is C=C(OC([O-])(CCC(=O)[O-])CC(=O)c1ccc(F)cc1)c1ccc(Cl)cc1.[Li+].[Li+]. The second-order valence-electron chi connectivity index (χ2n) is 5.92. The fraction of sp³-hybridized carbons (Fsp3) is 0.200. The van der Waals surface area contributed by atoms with Gasteiger partial charge in [-0.3, -0.25) is 4.79 Å². The number of hydrogen-bond acceptors (Lipinski definition) is 5. The first-order chi connectivity index (χ1) is 12.7. The van der Waals surface area contributed by atoms with Crippen LogP contribution in [0.2, 0.25) is 5.02 Å². The number of rotatable bonds is 9. The Hall–Kier alpha value is -1.51. The van der Waals surface area contributed by atoms with Crippen molar-refractivity contribution in [3.05, 3.63) is 77.1 Å². The third-order valence-corrected chi connectivity index (χ3v) is 4.03. The number of ketones is 1. The van der Waals surface area contributed by atoms with Gasteiger partial charge in [0.25, 0.3) is 0 Å². The summed E-state index contributed by atoms with van der Waals surface area (Å²) < 4.78 is 18.3. The number of carboxylic acid groups (broad SMARTS) is 1. The van der Waals surface area contributed by atoms with E-state index in [9.17, 15) is 24.2 Å². The molecule has 0 fully saturated rings. The Kier molecular flexibility index (Phi) is 11.6. The molecular formula is C20H16ClFLi2O5. The van der Waals surface area contributed by atoms with Gasteiger partial charge in [-0.25, -0.2) is 4.39 Å². The van der Waals surface area contributed by atoms with Gasteiger partial charge < -0.3 is 19.7 Å². The normalized spacial score (nSPS) is 12.0. The predicted octanol–water partition coefficient (Wildman–Crippen LogP) is -3.67. The van der Waals surface area contributed by atoms with E-state index in [1.165, 1.54) is 12.1 Å². The van der Waals surface area contributed by atoms with E-state index in [4.69, 9.17) is 16.3 Å². The molecule has 0 bridgehead atoms. The number of aliphatic carboxylic acids is 1. The van der Waals surface area contributed by atoms with E-state index in [1.54, 1.807) is 24.3 Å². The Morgan fingerprint density at radius 3 is 2.07 bits per heavy atom. The van der Waals surface area contributed by atoms with Crippen LogP contribution in [0, 0.1) is 5.82 Å². The van der Waals surface area contributed by atoms with Crippen molar-refractivity contribution in [2.24, 2.45) is 0 Å². The molecular weight excluding hydrogens is 389 g/mol. The number of halogens is 2. The molecule has 29 heavy (non-hydrogen) atoms. The number of carbonyl (C=O) groups is 2. The van der Waals surface area contributed by atoms with Gasteiger partial charge in [-0.15, -0.1) is 0 Å². The zero-order valence-electron chi connectivity index (χ0n) is 16.2. The van der Waals surface area contributed by atoms with Crippen LogP contribution in [0.5, 0.6) is 0 Å². The molecule has 1 unspecified atom stereocenters. The summed E-state index contributed by atoms with van der Waals surface area (Å²) in [7, 11) is 0. The predicted molar refractivity (Wildman–Crippen MR) is 93.9 cm³/mol. The summed E-state index contributed by atoms with van der Waals surface area (Å²) in [5.74, 6) is -4.96. The second kappa shape index (κ2) is 12.2. The average Bonchev–Trinajstić information content (AvgIpc) is 2.61. The summed E-state index contributed by atoms with van der Waals surface area (Å²) in [6.45, 7) is 3.67. The van der Waals surface area contributed by atoms with Crippen LogP contribution in [0.15, 0.2) is 55.1 Å². The van der Waals surface area contributed by atoms with Crippen molar-refractivity contribution in [3.8, 4) is 0 Å². The molecule has 2 rings (SSSR count). The number of hydrogen-bond donors (Lipinski definition) is 0. The molecule has 0 aliphatic carbocycles. The van der Waals surface area contributed by atoms with Crippen molar-refractivity contribution < 1.29 is 66.7 Å². The Balaban J connectivity index is 0.00000392. The molecule has 9 heteroatoms. The van der Waals surface area contributed by atoms with E-state index in [0.717, 1.165) is 12.1 Å². The molecule has 0 aliphatic rings. The van der Waals surface area contributed by atoms with Crippen LogP contribution in [0.3, 0.4) is 0 Å². The molecule has 2 aromatic carbocycles. The van der Waals surface area contributed by atoms with Crippen LogP contribution < -0.4 is 47.9 Å². The van der Waals surface area contributed by atoms with Crippen molar-refractivity contribution in [2.75, 3.05) is 0 Å². The first-order valence-corrected chi connectivity index (χ1v) is 8.39. The summed E-state index contributed by atoms with van der Waals surface area (Å²) in [6, 6.07) is 11.0. The summed E-state index contributed by atoms with van der Waals surface area (Å²) in [4.78, 5) is 23.1. The standard InChI is InChI=1S/C20H17ClFO5.2Li/c1-13(14-2-6-16(21)7-3-14)27-20(26,11-10-19(24)25)12-18(23)15-4-8-17(22)9-5-15;;/h2-9H,1,10-12H2,(H,24,25);;/q-1;2*+1/p-1. The van der Waals surface area contributed by atoms with E-state index >= 15 is 0 Å². The Morgan fingerprint density at radius 1 is 1.03 bits per heavy atom. The van der Waals surface area contributed by atoms with Crippen molar-refractivity contribution in [1.82, 2.24) is 0 Å². The molecule has 0 heterocycles. The number of Topliss-reactive ketones (excluding diaryl/α,β-unsaturated/α-hetero) is 1. The van der Waals surface area contributed by atoms with Gasteiger partial charge in [0, 0.05) is 34.3 Å². The molecule has 0 radical (unpaired) electrons. The number of ether oxygens (including phenoxy) is 1. The largest absolute Gasteiger partial charge is 1.00 e. The Bertz CT molecular complexity index is 781. The second-order valence-corrected chi connectivity index (χ2v) is 6.36. The van der Waals surface area contributed by atoms with E-state index in [0.29, 0.717) is 10.6 Å². The molecule has 142 valence electrons. The monoisotopic (exact) mass is 404 g/mol. The minimum absolute atomic E-state index is 0. The molecule has 0 aromatic heterocycles. The van der Waals surface area contributed by atoms with Gasteiger partial charge in [0.1, 0.15) is 11.6 Å². The van der Waals surface area contributed by atoms with Gasteiger partial charge in [-0.2, -0.15) is 0 Å². The van der Waals surface area contributed by atoms with Crippen LogP contribution >= 0.6 is 11.6 Å². The quantitative estimate of drug-likeness (QED) is 0.186. The third-order valence-electron chi connectivity index (χ3n) is 3.78. The van der Waals surface area contributed by atoms with Gasteiger partial charge >= 0.3 is 37.7 Å². The average molecular weight is 405 g/mol. The van der Waals surface area contributed by atoms with Crippen molar-refractivity contribution in [1.29, 1.82) is 0 Å². The van der Waals surface area contributed by atoms with Crippen LogP contribution in [0.1, 0.15) is 35.2 Å². The van der Waals surface area contributed by atoms with Gasteiger partial charge in [-0.1, -0.05) is 18.2 Å². The molecule has 0 amide bonds. The van der Waals surface area contributed by atoms with Gasteiger partial charge in [0.15, 0.2) is 5.78 Å². The molecule has 0 aliphatic heterocycles. The molecule has 0 saturated heterocycles. The van der Waals surface area contributed by atoms with Crippen molar-refractivity contribution in [2.45, 2.75) is 25.0 Å². The number of carboxylic acids is 1. The first kappa shape index (κ1) is 27.5. The van der Waals surface area contributed by atoms with E-state index in [-0.39, 0.29) is 49.0 Å². The Labute approximate surface area is 197 Å². The summed E-state index contributed by atoms with van der Waals surface area (Å²) in [5.41, 5.74) is 0.577. The van der Waals surface area contributed by atoms with Gasteiger partial charge in [-0.05, 0) is 61.4 Å². The van der Waals surface area contributed by atoms with Gasteiger partial charge in [0.05, 0.1) is 0 Å². The van der Waals surface area contributed by atoms with Crippen LogP contribution in [0.25, 0.3) is 5.76 Å². The Morgan fingerprint density at radius 2 is 1.55 bits per heavy atom. The maximum atomic E-state index is 13.0. The number of benzene rings is 2. The molecule has 5 nitrogen and oxygen atoms in total. The molecule has 1 atom stereocenters. The molecule has 2 aromatic rings. The fourth-order valence-electron chi connectivity index (χ4n) is 2.37. The van der Waals surface area contributed by atoms with Crippen LogP contribution in [0.4, 0.5) is 4.39 Å². The molecule has 0 N–H and O–H groups in total. The van der Waals surface area contributed by atoms with Crippen LogP contribution in [-0.4, -0.2) is 17.5 Å². The number of carbonyl (C=O) groups excluding carboxylic acids is 2. The summed E-state index contributed by atoms with van der Waals surface area (Å²) >= 11 is 5.81. The summed E-state index contributed by atoms with van der Waals surface area (Å²) in [5, 5.41) is 24.3. The fourth-order valence-corrected chi connectivity index (χ4v) is 2.50. The third kappa shape index (κ3) is 8.80. The minimum Gasteiger partial charge on any atom is -0.818 e. The summed E-state index contributed by atoms with van der Waals surface area (Å²) in [6.07, 6.45) is -1.75. The molecule has 0 spiro atoms. The van der Waals surface area contributed by atoms with E-state index in [2.05, 4.69) is 6.58 Å². The van der Waals surface area contributed by atoms with Crippen molar-refractivity contribution in [3.63, 3.8) is 0 Å². The van der Waals surface area contributed by atoms with Crippen molar-refractivity contribution >= 4 is 29.1 Å². The maximum Gasteiger partial charge on any atom is 1.00 e. The maximum absolute atomic E-state index is 13.0. The zero-order chi connectivity index (χ0) is 20.0. The zero-order valence-corrected chi connectivity index (χ0v) is 17.0. The van der Waals surface area contributed by atoms with E-state index in [1.807, 2.05) is 0 Å². The first-order valence-electron chi connectivity index (χ1n) is 8.01. The smallest absolute Gasteiger partial charge is 0.818 e. The van der Waals surface area contributed by atoms with Crippen LogP contribution in [-0.2, 0) is 9.53 Å². The molecule has 0 saturated carbocycles. The van der Waals surface area contributed by atoms with Gasteiger partial charge in [0.2, 0.25) is 0 Å². The topological polar surface area (TPSA) is 89.5 Å². The van der Waals surface area contributed by atoms with E-state index < -0.39 is 42.6 Å².